The minimum atomic E-state index is -0.205. The highest BCUT2D eigenvalue weighted by Crippen LogP contribution is 2.22. The molecule has 0 saturated carbocycles. The number of nitrogens with one attached hydrogen (secondary N) is 2. The summed E-state index contributed by atoms with van der Waals surface area (Å²) < 4.78 is 19.3. The molecule has 5 nitrogen and oxygen atoms in total. The van der Waals surface area contributed by atoms with Gasteiger partial charge in [0.2, 0.25) is 0 Å². The number of nitrogens with zero attached hydrogens (tertiary/aromatic N) is 2. The average Bonchev–Trinajstić information content (AvgIpc) is 3.21. The largest absolute Gasteiger partial charge is 0.379 e. The van der Waals surface area contributed by atoms with Crippen molar-refractivity contribution in [2.75, 3.05) is 39.4 Å². The molecule has 2 aromatic rings. The fourth-order valence-electron chi connectivity index (χ4n) is 3.16. The van der Waals surface area contributed by atoms with Crippen molar-refractivity contribution in [1.82, 2.24) is 15.5 Å². The molecular weight excluding hydrogens is 490 g/mol. The summed E-state index contributed by atoms with van der Waals surface area (Å²) in [4.78, 5) is 8.24. The molecule has 2 N–H and O–H groups in total. The van der Waals surface area contributed by atoms with Crippen LogP contribution in [0.3, 0.4) is 0 Å². The van der Waals surface area contributed by atoms with Gasteiger partial charge in [0.25, 0.3) is 0 Å². The summed E-state index contributed by atoms with van der Waals surface area (Å²) in [7, 11) is 0. The first-order valence-corrected chi connectivity index (χ1v) is 10.3. The number of hydrogen-bond donors (Lipinski definition) is 2. The second kappa shape index (κ2) is 12.4. The minimum absolute atomic E-state index is 0. The van der Waals surface area contributed by atoms with Crippen LogP contribution in [0.4, 0.5) is 4.39 Å². The van der Waals surface area contributed by atoms with Crippen molar-refractivity contribution in [3.63, 3.8) is 0 Å². The molecule has 1 aliphatic rings. The van der Waals surface area contributed by atoms with E-state index in [0.29, 0.717) is 26.3 Å². The lowest BCUT2D eigenvalue weighted by atomic mass is 10.0. The van der Waals surface area contributed by atoms with Gasteiger partial charge in [0, 0.05) is 31.1 Å². The minimum Gasteiger partial charge on any atom is -0.379 e. The molecule has 1 atom stereocenters. The van der Waals surface area contributed by atoms with E-state index in [-0.39, 0.29) is 35.8 Å². The van der Waals surface area contributed by atoms with Gasteiger partial charge < -0.3 is 15.4 Å². The normalized spacial score (nSPS) is 16.3. The number of benzene rings is 1. The molecule has 154 valence electrons. The molecule has 28 heavy (non-hydrogen) atoms. The third-order valence-corrected chi connectivity index (χ3v) is 5.36. The molecule has 2 heterocycles. The van der Waals surface area contributed by atoms with Gasteiger partial charge in [0.05, 0.1) is 25.8 Å². The van der Waals surface area contributed by atoms with Crippen LogP contribution in [0.5, 0.6) is 0 Å². The SMILES string of the molecule is CCNC(=NCc1cccs1)NCC(c1cccc(F)c1)N1CCOCC1.I. The van der Waals surface area contributed by atoms with Gasteiger partial charge in [-0.15, -0.1) is 35.3 Å². The Labute approximate surface area is 187 Å². The standard InChI is InChI=1S/C20H27FN4OS.HI/c1-2-22-20(23-14-18-7-4-12-27-18)24-15-19(25-8-10-26-11-9-25)16-5-3-6-17(21)13-16;/h3-7,12-13,19H,2,8-11,14-15H2,1H3,(H2,22,23,24);1H. The summed E-state index contributed by atoms with van der Waals surface area (Å²) in [6.45, 7) is 7.23. The lowest BCUT2D eigenvalue weighted by Crippen LogP contribution is -2.46. The molecular formula is C20H28FIN4OS. The number of ether oxygens (including phenoxy) is 1. The topological polar surface area (TPSA) is 48.9 Å². The first kappa shape index (κ1) is 23.1. The number of hydrogen-bond acceptors (Lipinski definition) is 4. The van der Waals surface area contributed by atoms with Gasteiger partial charge in [-0.25, -0.2) is 9.38 Å². The van der Waals surface area contributed by atoms with Crippen LogP contribution in [0.2, 0.25) is 0 Å². The molecule has 0 bridgehead atoms. The van der Waals surface area contributed by atoms with Crippen molar-refractivity contribution >= 4 is 41.3 Å². The van der Waals surface area contributed by atoms with Crippen LogP contribution in [0, 0.1) is 5.82 Å². The summed E-state index contributed by atoms with van der Waals surface area (Å²) in [5.74, 6) is 0.574. The third-order valence-electron chi connectivity index (χ3n) is 4.50. The molecule has 0 aliphatic carbocycles. The van der Waals surface area contributed by atoms with Crippen molar-refractivity contribution in [2.45, 2.75) is 19.5 Å². The maximum absolute atomic E-state index is 13.8. The van der Waals surface area contributed by atoms with Crippen LogP contribution in [0.15, 0.2) is 46.8 Å². The number of rotatable bonds is 7. The van der Waals surface area contributed by atoms with Gasteiger partial charge in [-0.3, -0.25) is 4.90 Å². The predicted molar refractivity (Wildman–Crippen MR) is 124 cm³/mol. The summed E-state index contributed by atoms with van der Waals surface area (Å²) in [5, 5.41) is 8.79. The fourth-order valence-corrected chi connectivity index (χ4v) is 3.78. The van der Waals surface area contributed by atoms with E-state index in [1.54, 1.807) is 23.5 Å². The Morgan fingerprint density at radius 1 is 1.25 bits per heavy atom. The van der Waals surface area contributed by atoms with Crippen molar-refractivity contribution in [2.24, 2.45) is 4.99 Å². The van der Waals surface area contributed by atoms with Crippen LogP contribution in [-0.2, 0) is 11.3 Å². The molecule has 1 saturated heterocycles. The highest BCUT2D eigenvalue weighted by atomic mass is 127. The van der Waals surface area contributed by atoms with E-state index in [4.69, 9.17) is 4.74 Å². The molecule has 8 heteroatoms. The number of thiophene rings is 1. The van der Waals surface area contributed by atoms with Crippen LogP contribution in [0.1, 0.15) is 23.4 Å². The van der Waals surface area contributed by atoms with Gasteiger partial charge >= 0.3 is 0 Å². The first-order valence-electron chi connectivity index (χ1n) is 9.38. The van der Waals surface area contributed by atoms with E-state index in [2.05, 4.69) is 32.0 Å². The van der Waals surface area contributed by atoms with Crippen molar-refractivity contribution in [3.8, 4) is 0 Å². The van der Waals surface area contributed by atoms with E-state index >= 15 is 0 Å². The first-order chi connectivity index (χ1) is 13.3. The highest BCUT2D eigenvalue weighted by molar-refractivity contribution is 14.0. The van der Waals surface area contributed by atoms with Gasteiger partial charge in [-0.05, 0) is 36.1 Å². The van der Waals surface area contributed by atoms with Crippen LogP contribution in [-0.4, -0.2) is 50.3 Å². The monoisotopic (exact) mass is 518 g/mol. The summed E-state index contributed by atoms with van der Waals surface area (Å²) in [6.07, 6.45) is 0. The smallest absolute Gasteiger partial charge is 0.191 e. The molecule has 1 aliphatic heterocycles. The molecule has 0 spiro atoms. The molecule has 1 aromatic carbocycles. The third kappa shape index (κ3) is 6.98. The van der Waals surface area contributed by atoms with Crippen molar-refractivity contribution in [1.29, 1.82) is 0 Å². The lowest BCUT2D eigenvalue weighted by molar-refractivity contribution is 0.0169. The van der Waals surface area contributed by atoms with E-state index in [0.717, 1.165) is 31.2 Å². The predicted octanol–water partition coefficient (Wildman–Crippen LogP) is 3.63. The number of aliphatic imine (C=N–C) groups is 1. The maximum atomic E-state index is 13.8. The van der Waals surface area contributed by atoms with Crippen LogP contribution < -0.4 is 10.6 Å². The highest BCUT2D eigenvalue weighted by Gasteiger charge is 2.23. The molecule has 0 amide bonds. The fraction of sp³-hybridized carbons (Fsp3) is 0.450. The van der Waals surface area contributed by atoms with Gasteiger partial charge in [-0.2, -0.15) is 0 Å². The van der Waals surface area contributed by atoms with Crippen molar-refractivity contribution < 1.29 is 9.13 Å². The Morgan fingerprint density at radius 3 is 2.75 bits per heavy atom. The molecule has 1 fully saturated rings. The summed E-state index contributed by atoms with van der Waals surface area (Å²) in [5.41, 5.74) is 0.971. The zero-order valence-electron chi connectivity index (χ0n) is 16.1. The lowest BCUT2D eigenvalue weighted by Gasteiger charge is -2.35. The van der Waals surface area contributed by atoms with Gasteiger partial charge in [0.15, 0.2) is 5.96 Å². The molecule has 0 radical (unpaired) electrons. The number of morpholine rings is 1. The van der Waals surface area contributed by atoms with Gasteiger partial charge in [-0.1, -0.05) is 18.2 Å². The van der Waals surface area contributed by atoms with Gasteiger partial charge in [0.1, 0.15) is 5.82 Å². The average molecular weight is 518 g/mol. The Bertz CT molecular complexity index is 723. The second-order valence-corrected chi connectivity index (χ2v) is 7.41. The van der Waals surface area contributed by atoms with E-state index in [9.17, 15) is 4.39 Å². The van der Waals surface area contributed by atoms with E-state index in [1.807, 2.05) is 19.1 Å². The molecule has 1 aromatic heterocycles. The van der Waals surface area contributed by atoms with Crippen LogP contribution >= 0.6 is 35.3 Å². The summed E-state index contributed by atoms with van der Waals surface area (Å²) >= 11 is 1.70. The maximum Gasteiger partial charge on any atom is 0.191 e. The number of halogens is 2. The summed E-state index contributed by atoms with van der Waals surface area (Å²) in [6, 6.07) is 11.1. The zero-order chi connectivity index (χ0) is 18.9. The van der Waals surface area contributed by atoms with E-state index < -0.39 is 0 Å². The van der Waals surface area contributed by atoms with Crippen molar-refractivity contribution in [3.05, 3.63) is 58.0 Å². The molecule has 1 unspecified atom stereocenters. The quantitative estimate of drug-likeness (QED) is 0.334. The Kier molecular flexibility index (Phi) is 10.2. The molecule has 3 rings (SSSR count). The van der Waals surface area contributed by atoms with E-state index in [1.165, 1.54) is 10.9 Å². The zero-order valence-corrected chi connectivity index (χ0v) is 19.2. The number of guanidine groups is 1. The Hall–Kier alpha value is -1.23. The Balaban J connectivity index is 0.00000280. The second-order valence-electron chi connectivity index (χ2n) is 6.37. The Morgan fingerprint density at radius 2 is 2.07 bits per heavy atom. The van der Waals surface area contributed by atoms with Crippen LogP contribution in [0.25, 0.3) is 0 Å².